The van der Waals surface area contributed by atoms with E-state index in [9.17, 15) is 8.42 Å². The molecule has 1 aromatic heterocycles. The van der Waals surface area contributed by atoms with Crippen molar-refractivity contribution in [1.82, 2.24) is 9.71 Å². The molecule has 0 bridgehead atoms. The van der Waals surface area contributed by atoms with Crippen LogP contribution in [0.15, 0.2) is 23.2 Å². The van der Waals surface area contributed by atoms with Gasteiger partial charge in [-0.1, -0.05) is 27.7 Å². The maximum absolute atomic E-state index is 12.7. The molecule has 0 aliphatic heterocycles. The Kier molecular flexibility index (Phi) is 6.61. The fourth-order valence-corrected chi connectivity index (χ4v) is 4.04. The molecule has 21 heavy (non-hydrogen) atoms. The Labute approximate surface area is 128 Å². The van der Waals surface area contributed by atoms with Crippen molar-refractivity contribution in [2.24, 2.45) is 0 Å². The summed E-state index contributed by atoms with van der Waals surface area (Å²) in [6.07, 6.45) is 4.79. The van der Waals surface area contributed by atoms with Gasteiger partial charge in [0.2, 0.25) is 10.0 Å². The summed E-state index contributed by atoms with van der Waals surface area (Å²) in [6.45, 7) is 8.75. The van der Waals surface area contributed by atoms with Gasteiger partial charge in [0, 0.05) is 18.3 Å². The summed E-state index contributed by atoms with van der Waals surface area (Å²) in [5.41, 5.74) is -0.392. The highest BCUT2D eigenvalue weighted by atomic mass is 32.2. The van der Waals surface area contributed by atoms with E-state index < -0.39 is 15.6 Å². The summed E-state index contributed by atoms with van der Waals surface area (Å²) in [5, 5.41) is 3.08. The van der Waals surface area contributed by atoms with Crippen LogP contribution in [0.3, 0.4) is 0 Å². The quantitative estimate of drug-likeness (QED) is 0.734. The van der Waals surface area contributed by atoms with Crippen molar-refractivity contribution < 1.29 is 8.42 Å². The molecule has 0 aromatic carbocycles. The van der Waals surface area contributed by atoms with E-state index >= 15 is 0 Å². The molecule has 0 unspecified atom stereocenters. The maximum Gasteiger partial charge on any atom is 0.244 e. The average molecular weight is 313 g/mol. The van der Waals surface area contributed by atoms with E-state index in [0.29, 0.717) is 12.4 Å². The molecule has 0 fully saturated rings. The van der Waals surface area contributed by atoms with Crippen molar-refractivity contribution in [3.8, 4) is 0 Å². The van der Waals surface area contributed by atoms with Crippen molar-refractivity contribution in [2.45, 2.75) is 63.8 Å². The zero-order valence-corrected chi connectivity index (χ0v) is 14.3. The van der Waals surface area contributed by atoms with Crippen LogP contribution in [-0.2, 0) is 10.0 Å². The van der Waals surface area contributed by atoms with E-state index in [1.807, 2.05) is 27.7 Å². The lowest BCUT2D eigenvalue weighted by Gasteiger charge is -2.31. The van der Waals surface area contributed by atoms with Gasteiger partial charge < -0.3 is 5.32 Å². The molecule has 0 radical (unpaired) electrons. The van der Waals surface area contributed by atoms with Crippen molar-refractivity contribution >= 4 is 15.8 Å². The lowest BCUT2D eigenvalue weighted by molar-refractivity contribution is 0.342. The van der Waals surface area contributed by atoms with Gasteiger partial charge in [-0.15, -0.1) is 0 Å². The third-order valence-corrected chi connectivity index (χ3v) is 5.59. The largest absolute Gasteiger partial charge is 0.369 e. The molecule has 0 aliphatic carbocycles. The number of nitrogens with one attached hydrogen (secondary N) is 2. The summed E-state index contributed by atoms with van der Waals surface area (Å²) >= 11 is 0. The first-order chi connectivity index (χ1) is 9.94. The van der Waals surface area contributed by atoms with Crippen molar-refractivity contribution in [3.05, 3.63) is 18.3 Å². The lowest BCUT2D eigenvalue weighted by Crippen LogP contribution is -2.47. The molecule has 0 saturated heterocycles. The number of pyridine rings is 1. The molecule has 120 valence electrons. The molecule has 6 heteroatoms. The average Bonchev–Trinajstić information content (AvgIpc) is 2.51. The Morgan fingerprint density at radius 1 is 1.14 bits per heavy atom. The molecular weight excluding hydrogens is 286 g/mol. The number of sulfonamides is 1. The third kappa shape index (κ3) is 4.41. The normalized spacial score (nSPS) is 12.4. The van der Waals surface area contributed by atoms with Crippen LogP contribution >= 0.6 is 0 Å². The SMILES string of the molecule is CCCNc1ncccc1S(=O)(=O)NC(CC)(CC)CC. The smallest absolute Gasteiger partial charge is 0.244 e. The highest BCUT2D eigenvalue weighted by molar-refractivity contribution is 7.89. The standard InChI is InChI=1S/C15H27N3O2S/c1-5-11-16-14-13(10-9-12-17-14)21(19,20)18-15(6-2,7-3)8-4/h9-10,12,18H,5-8,11H2,1-4H3,(H,16,17). The molecule has 1 heterocycles. The molecule has 5 nitrogen and oxygen atoms in total. The van der Waals surface area contributed by atoms with Gasteiger partial charge >= 0.3 is 0 Å². The first-order valence-corrected chi connectivity index (χ1v) is 9.15. The second-order valence-electron chi connectivity index (χ2n) is 5.22. The number of hydrogen-bond donors (Lipinski definition) is 2. The summed E-state index contributed by atoms with van der Waals surface area (Å²) in [5.74, 6) is 0.420. The first-order valence-electron chi connectivity index (χ1n) is 7.67. The minimum atomic E-state index is -3.59. The molecule has 0 aliphatic rings. The molecule has 1 rings (SSSR count). The predicted molar refractivity (Wildman–Crippen MR) is 86.9 cm³/mol. The fraction of sp³-hybridized carbons (Fsp3) is 0.667. The monoisotopic (exact) mass is 313 g/mol. The third-order valence-electron chi connectivity index (χ3n) is 3.98. The first kappa shape index (κ1) is 17.9. The van der Waals surface area contributed by atoms with Gasteiger partial charge in [-0.05, 0) is 37.8 Å². The second-order valence-corrected chi connectivity index (χ2v) is 6.87. The van der Waals surface area contributed by atoms with Crippen LogP contribution < -0.4 is 10.0 Å². The Bertz CT molecular complexity index is 531. The van der Waals surface area contributed by atoms with Crippen LogP contribution in [0.4, 0.5) is 5.82 Å². The topological polar surface area (TPSA) is 71.1 Å². The molecule has 2 N–H and O–H groups in total. The van der Waals surface area contributed by atoms with Crippen LogP contribution in [-0.4, -0.2) is 25.5 Å². The summed E-state index contributed by atoms with van der Waals surface area (Å²) in [4.78, 5) is 4.38. The van der Waals surface area contributed by atoms with Crippen LogP contribution in [0.25, 0.3) is 0 Å². The van der Waals surface area contributed by atoms with Crippen LogP contribution in [0.1, 0.15) is 53.4 Å². The lowest BCUT2D eigenvalue weighted by atomic mass is 9.91. The minimum Gasteiger partial charge on any atom is -0.369 e. The predicted octanol–water partition coefficient (Wildman–Crippen LogP) is 3.15. The van der Waals surface area contributed by atoms with E-state index in [1.54, 1.807) is 18.3 Å². The number of rotatable bonds is 9. The van der Waals surface area contributed by atoms with E-state index in [-0.39, 0.29) is 4.90 Å². The van der Waals surface area contributed by atoms with Crippen LogP contribution in [0, 0.1) is 0 Å². The minimum absolute atomic E-state index is 0.221. The Hall–Kier alpha value is -1.14. The van der Waals surface area contributed by atoms with Gasteiger partial charge in [0.05, 0.1) is 0 Å². The van der Waals surface area contributed by atoms with Gasteiger partial charge in [-0.2, -0.15) is 0 Å². The van der Waals surface area contributed by atoms with Gasteiger partial charge in [0.15, 0.2) is 0 Å². The van der Waals surface area contributed by atoms with E-state index in [0.717, 1.165) is 25.7 Å². The van der Waals surface area contributed by atoms with E-state index in [2.05, 4.69) is 15.0 Å². The van der Waals surface area contributed by atoms with Crippen LogP contribution in [0.5, 0.6) is 0 Å². The van der Waals surface area contributed by atoms with Crippen LogP contribution in [0.2, 0.25) is 0 Å². The summed E-state index contributed by atoms with van der Waals surface area (Å²) < 4.78 is 28.3. The fourth-order valence-electron chi connectivity index (χ4n) is 2.29. The number of anilines is 1. The van der Waals surface area contributed by atoms with Crippen molar-refractivity contribution in [3.63, 3.8) is 0 Å². The number of nitrogens with zero attached hydrogens (tertiary/aromatic N) is 1. The highest BCUT2D eigenvalue weighted by Crippen LogP contribution is 2.25. The number of aromatic nitrogens is 1. The van der Waals surface area contributed by atoms with E-state index in [4.69, 9.17) is 0 Å². The highest BCUT2D eigenvalue weighted by Gasteiger charge is 2.31. The molecule has 0 amide bonds. The van der Waals surface area contributed by atoms with Crippen molar-refractivity contribution in [1.29, 1.82) is 0 Å². The Morgan fingerprint density at radius 3 is 2.29 bits per heavy atom. The second kappa shape index (κ2) is 7.75. The molecule has 1 aromatic rings. The maximum atomic E-state index is 12.7. The summed E-state index contributed by atoms with van der Waals surface area (Å²) in [6, 6.07) is 3.25. The Balaban J connectivity index is 3.13. The molecule has 0 spiro atoms. The van der Waals surface area contributed by atoms with Gasteiger partial charge in [-0.3, -0.25) is 0 Å². The van der Waals surface area contributed by atoms with Gasteiger partial charge in [0.25, 0.3) is 0 Å². The Morgan fingerprint density at radius 2 is 1.76 bits per heavy atom. The van der Waals surface area contributed by atoms with E-state index in [1.165, 1.54) is 0 Å². The number of hydrogen-bond acceptors (Lipinski definition) is 4. The zero-order valence-electron chi connectivity index (χ0n) is 13.4. The molecule has 0 saturated carbocycles. The summed E-state index contributed by atoms with van der Waals surface area (Å²) in [7, 11) is -3.59. The van der Waals surface area contributed by atoms with Gasteiger partial charge in [0.1, 0.15) is 10.7 Å². The zero-order chi connectivity index (χ0) is 15.9. The van der Waals surface area contributed by atoms with Crippen molar-refractivity contribution in [2.75, 3.05) is 11.9 Å². The van der Waals surface area contributed by atoms with Gasteiger partial charge in [-0.25, -0.2) is 18.1 Å². The molecular formula is C15H27N3O2S. The molecule has 0 atom stereocenters.